The zero-order chi connectivity index (χ0) is 33.7. The summed E-state index contributed by atoms with van der Waals surface area (Å²) < 4.78 is 11.9. The number of aliphatic hydroxyl groups excluding tert-OH is 2. The van der Waals surface area contributed by atoms with E-state index in [0.29, 0.717) is 35.1 Å². The molecule has 0 aliphatic heterocycles. The SMILES string of the molecule is O=C(N[C@]1(O)CCc2ccccc21)[C@H](OCc1ccccc1)[C@H](O)[C@@H](O)[C@@H](OCc1ccccc1)C(=O)N[C@]1(O)CCc2ccccc21. The molecule has 0 heterocycles. The Hall–Kier alpha value is -4.42. The van der Waals surface area contributed by atoms with Gasteiger partial charge in [0.15, 0.2) is 23.7 Å². The lowest BCUT2D eigenvalue weighted by atomic mass is 9.98. The van der Waals surface area contributed by atoms with E-state index in [2.05, 4.69) is 10.6 Å². The van der Waals surface area contributed by atoms with Crippen LogP contribution in [0.4, 0.5) is 0 Å². The lowest BCUT2D eigenvalue weighted by molar-refractivity contribution is -0.176. The minimum Gasteiger partial charge on any atom is -0.387 e. The number of aryl methyl sites for hydroxylation is 2. The highest BCUT2D eigenvalue weighted by Gasteiger charge is 2.46. The Balaban J connectivity index is 1.26. The van der Waals surface area contributed by atoms with Gasteiger partial charge in [0.05, 0.1) is 13.2 Å². The molecular weight excluding hydrogens is 612 g/mol. The molecule has 4 aromatic carbocycles. The molecule has 250 valence electrons. The van der Waals surface area contributed by atoms with Crippen LogP contribution in [0, 0.1) is 0 Å². The standard InChI is InChI=1S/C38H40N2O8/c41-31(33(47-23-25-11-3-1-4-12-25)35(43)39-37(45)21-19-27-15-7-9-17-29(27)37)32(42)34(48-24-26-13-5-2-6-14-26)36(44)40-38(46)22-20-28-16-8-10-18-30(28)38/h1-18,31-34,41-42,45-46H,19-24H2,(H,39,43)(H,40,44)/t31-,32-,33-,34-,37+,38+/m1/s1. The summed E-state index contributed by atoms with van der Waals surface area (Å²) in [5, 5.41) is 51.5. The van der Waals surface area contributed by atoms with Crippen molar-refractivity contribution in [2.75, 3.05) is 0 Å². The number of ether oxygens (including phenoxy) is 2. The molecular formula is C38H40N2O8. The molecule has 48 heavy (non-hydrogen) atoms. The third-order valence-corrected chi connectivity index (χ3v) is 9.13. The van der Waals surface area contributed by atoms with Gasteiger partial charge in [-0.25, -0.2) is 0 Å². The Labute approximate surface area is 279 Å². The number of hydrogen-bond acceptors (Lipinski definition) is 8. The first kappa shape index (κ1) is 33.5. The van der Waals surface area contributed by atoms with Crippen LogP contribution in [0.15, 0.2) is 109 Å². The van der Waals surface area contributed by atoms with Crippen molar-refractivity contribution >= 4 is 11.8 Å². The van der Waals surface area contributed by atoms with Crippen LogP contribution >= 0.6 is 0 Å². The molecule has 0 saturated heterocycles. The summed E-state index contributed by atoms with van der Waals surface area (Å²) in [6.07, 6.45) is -6.01. The largest absolute Gasteiger partial charge is 0.387 e. The van der Waals surface area contributed by atoms with Gasteiger partial charge in [0.1, 0.15) is 12.2 Å². The normalized spacial score (nSPS) is 22.2. The van der Waals surface area contributed by atoms with E-state index in [0.717, 1.165) is 11.1 Å². The summed E-state index contributed by atoms with van der Waals surface area (Å²) in [5.41, 5.74) is 0.740. The van der Waals surface area contributed by atoms with Crippen LogP contribution in [0.25, 0.3) is 0 Å². The van der Waals surface area contributed by atoms with Gasteiger partial charge in [-0.15, -0.1) is 0 Å². The number of carbonyl (C=O) groups excluding carboxylic acids is 2. The average Bonchev–Trinajstić information content (AvgIpc) is 3.61. The van der Waals surface area contributed by atoms with E-state index < -0.39 is 47.7 Å². The summed E-state index contributed by atoms with van der Waals surface area (Å²) in [7, 11) is 0. The van der Waals surface area contributed by atoms with Crippen LogP contribution in [0.3, 0.4) is 0 Å². The molecule has 4 aromatic rings. The fourth-order valence-corrected chi connectivity index (χ4v) is 6.53. The smallest absolute Gasteiger partial charge is 0.254 e. The fourth-order valence-electron chi connectivity index (χ4n) is 6.53. The van der Waals surface area contributed by atoms with E-state index in [-0.39, 0.29) is 26.1 Å². The predicted molar refractivity (Wildman–Crippen MR) is 176 cm³/mol. The van der Waals surface area contributed by atoms with Crippen molar-refractivity contribution in [3.05, 3.63) is 143 Å². The average molecular weight is 653 g/mol. The van der Waals surface area contributed by atoms with Crippen LogP contribution in [0.2, 0.25) is 0 Å². The number of hydrogen-bond donors (Lipinski definition) is 6. The second-order valence-corrected chi connectivity index (χ2v) is 12.4. The molecule has 10 nitrogen and oxygen atoms in total. The highest BCUT2D eigenvalue weighted by atomic mass is 16.5. The second kappa shape index (κ2) is 14.4. The molecule has 0 unspecified atom stereocenters. The van der Waals surface area contributed by atoms with E-state index in [1.165, 1.54) is 0 Å². The van der Waals surface area contributed by atoms with Crippen molar-refractivity contribution in [3.63, 3.8) is 0 Å². The Morgan fingerprint density at radius 3 is 1.33 bits per heavy atom. The van der Waals surface area contributed by atoms with E-state index in [1.807, 2.05) is 36.4 Å². The van der Waals surface area contributed by atoms with Crippen LogP contribution in [0.5, 0.6) is 0 Å². The first-order valence-corrected chi connectivity index (χ1v) is 16.1. The fraction of sp³-hybridized carbons (Fsp3) is 0.316. The first-order chi connectivity index (χ1) is 23.2. The second-order valence-electron chi connectivity index (χ2n) is 12.4. The summed E-state index contributed by atoms with van der Waals surface area (Å²) in [6.45, 7) is -0.230. The van der Waals surface area contributed by atoms with E-state index in [4.69, 9.17) is 9.47 Å². The highest BCUT2D eigenvalue weighted by Crippen LogP contribution is 2.36. The minimum absolute atomic E-state index is 0.115. The molecule has 0 radical (unpaired) electrons. The molecule has 6 atom stereocenters. The van der Waals surface area contributed by atoms with Crippen molar-refractivity contribution in [1.82, 2.24) is 10.6 Å². The first-order valence-electron chi connectivity index (χ1n) is 16.1. The molecule has 0 spiro atoms. The van der Waals surface area contributed by atoms with E-state index in [9.17, 15) is 30.0 Å². The molecule has 2 aliphatic rings. The lowest BCUT2D eigenvalue weighted by Gasteiger charge is -2.34. The Morgan fingerprint density at radius 1 is 0.583 bits per heavy atom. The lowest BCUT2D eigenvalue weighted by Crippen LogP contribution is -2.59. The molecule has 0 saturated carbocycles. The van der Waals surface area contributed by atoms with Gasteiger partial charge >= 0.3 is 0 Å². The predicted octanol–water partition coefficient (Wildman–Crippen LogP) is 2.69. The van der Waals surface area contributed by atoms with Crippen molar-refractivity contribution in [2.45, 2.75) is 74.8 Å². The van der Waals surface area contributed by atoms with Crippen LogP contribution in [-0.2, 0) is 56.6 Å². The van der Waals surface area contributed by atoms with Crippen molar-refractivity contribution in [2.24, 2.45) is 0 Å². The summed E-state index contributed by atoms with van der Waals surface area (Å²) >= 11 is 0. The number of benzene rings is 4. The number of rotatable bonds is 13. The van der Waals surface area contributed by atoms with Gasteiger partial charge in [0.25, 0.3) is 11.8 Å². The van der Waals surface area contributed by atoms with Crippen LogP contribution in [0.1, 0.15) is 46.2 Å². The molecule has 0 fully saturated rings. The Morgan fingerprint density at radius 2 is 0.938 bits per heavy atom. The van der Waals surface area contributed by atoms with Crippen molar-refractivity contribution in [3.8, 4) is 0 Å². The molecule has 0 aromatic heterocycles. The zero-order valence-electron chi connectivity index (χ0n) is 26.4. The number of fused-ring (bicyclic) bond motifs is 2. The Kier molecular flexibility index (Phi) is 10.0. The van der Waals surface area contributed by atoms with Crippen LogP contribution in [-0.4, -0.2) is 56.7 Å². The molecule has 2 amide bonds. The van der Waals surface area contributed by atoms with Gasteiger partial charge in [-0.05, 0) is 35.1 Å². The van der Waals surface area contributed by atoms with Crippen molar-refractivity contribution in [1.29, 1.82) is 0 Å². The van der Waals surface area contributed by atoms with E-state index in [1.54, 1.807) is 72.8 Å². The molecule has 10 heteroatoms. The number of carbonyl (C=O) groups is 2. The van der Waals surface area contributed by atoms with Gasteiger partial charge in [-0.2, -0.15) is 0 Å². The highest BCUT2D eigenvalue weighted by molar-refractivity contribution is 5.84. The third-order valence-electron chi connectivity index (χ3n) is 9.13. The zero-order valence-corrected chi connectivity index (χ0v) is 26.4. The van der Waals surface area contributed by atoms with Crippen LogP contribution < -0.4 is 10.6 Å². The monoisotopic (exact) mass is 652 g/mol. The van der Waals surface area contributed by atoms with Gasteiger partial charge < -0.3 is 40.5 Å². The maximum atomic E-state index is 13.9. The quantitative estimate of drug-likeness (QED) is 0.120. The summed E-state index contributed by atoms with van der Waals surface area (Å²) in [5.74, 6) is -1.77. The number of nitrogens with one attached hydrogen (secondary N) is 2. The Bertz CT molecular complexity index is 1590. The summed E-state index contributed by atoms with van der Waals surface area (Å²) in [6, 6.07) is 32.3. The minimum atomic E-state index is -1.99. The third kappa shape index (κ3) is 7.19. The maximum absolute atomic E-state index is 13.9. The molecule has 6 N–H and O–H groups in total. The maximum Gasteiger partial charge on any atom is 0.254 e. The summed E-state index contributed by atoms with van der Waals surface area (Å²) in [4.78, 5) is 27.7. The van der Waals surface area contributed by atoms with Crippen molar-refractivity contribution < 1.29 is 39.5 Å². The molecule has 2 aliphatic carbocycles. The molecule has 6 rings (SSSR count). The van der Waals surface area contributed by atoms with Gasteiger partial charge in [-0.1, -0.05) is 109 Å². The molecule has 0 bridgehead atoms. The number of amides is 2. The van der Waals surface area contributed by atoms with Gasteiger partial charge in [0.2, 0.25) is 0 Å². The van der Waals surface area contributed by atoms with E-state index >= 15 is 0 Å². The van der Waals surface area contributed by atoms with Gasteiger partial charge in [-0.3, -0.25) is 9.59 Å². The van der Waals surface area contributed by atoms with Gasteiger partial charge in [0, 0.05) is 24.0 Å². The topological polar surface area (TPSA) is 158 Å². The number of aliphatic hydroxyl groups is 4.